The SMILES string of the molecule is COc1ccc(CC(Cc2ccc(OC)cc2)N=CC(C)OCc2ccccc2)cc1. The van der Waals surface area contributed by atoms with Gasteiger partial charge in [0.2, 0.25) is 0 Å². The molecule has 0 bridgehead atoms. The molecule has 3 aromatic rings. The van der Waals surface area contributed by atoms with Gasteiger partial charge in [-0.1, -0.05) is 54.6 Å². The van der Waals surface area contributed by atoms with E-state index in [9.17, 15) is 0 Å². The van der Waals surface area contributed by atoms with Crippen LogP contribution in [0.2, 0.25) is 0 Å². The highest BCUT2D eigenvalue weighted by Gasteiger charge is 2.11. The van der Waals surface area contributed by atoms with Crippen molar-refractivity contribution in [1.29, 1.82) is 0 Å². The van der Waals surface area contributed by atoms with Gasteiger partial charge in [0.15, 0.2) is 0 Å². The number of rotatable bonds is 11. The van der Waals surface area contributed by atoms with E-state index >= 15 is 0 Å². The first-order valence-corrected chi connectivity index (χ1v) is 10.6. The lowest BCUT2D eigenvalue weighted by Gasteiger charge is -2.15. The summed E-state index contributed by atoms with van der Waals surface area (Å²) in [5, 5.41) is 0. The van der Waals surface area contributed by atoms with Crippen LogP contribution < -0.4 is 9.47 Å². The number of hydrogen-bond acceptors (Lipinski definition) is 4. The smallest absolute Gasteiger partial charge is 0.118 e. The van der Waals surface area contributed by atoms with Crippen molar-refractivity contribution in [2.45, 2.75) is 38.5 Å². The number of hydrogen-bond donors (Lipinski definition) is 0. The van der Waals surface area contributed by atoms with Crippen molar-refractivity contribution in [2.24, 2.45) is 4.99 Å². The van der Waals surface area contributed by atoms with Gasteiger partial charge in [0.05, 0.1) is 33.0 Å². The Bertz CT molecular complexity index is 871. The van der Waals surface area contributed by atoms with Crippen molar-refractivity contribution in [3.63, 3.8) is 0 Å². The summed E-state index contributed by atoms with van der Waals surface area (Å²) in [5.74, 6) is 1.73. The van der Waals surface area contributed by atoms with Gasteiger partial charge in [0, 0.05) is 6.21 Å². The summed E-state index contributed by atoms with van der Waals surface area (Å²) in [4.78, 5) is 4.90. The highest BCUT2D eigenvalue weighted by atomic mass is 16.5. The number of nitrogens with zero attached hydrogens (tertiary/aromatic N) is 1. The van der Waals surface area contributed by atoms with Crippen LogP contribution in [-0.2, 0) is 24.2 Å². The van der Waals surface area contributed by atoms with E-state index in [0.717, 1.165) is 29.9 Å². The average molecular weight is 418 g/mol. The molecule has 0 radical (unpaired) electrons. The molecule has 0 saturated carbocycles. The first-order valence-electron chi connectivity index (χ1n) is 10.6. The largest absolute Gasteiger partial charge is 0.497 e. The predicted octanol–water partition coefficient (Wildman–Crippen LogP) is 5.53. The van der Waals surface area contributed by atoms with Crippen LogP contribution in [0.5, 0.6) is 11.5 Å². The number of benzene rings is 3. The van der Waals surface area contributed by atoms with Crippen LogP contribution in [0.4, 0.5) is 0 Å². The second-order valence-electron chi connectivity index (χ2n) is 7.56. The first-order chi connectivity index (χ1) is 15.2. The zero-order valence-corrected chi connectivity index (χ0v) is 18.5. The van der Waals surface area contributed by atoms with Crippen LogP contribution in [-0.4, -0.2) is 32.6 Å². The van der Waals surface area contributed by atoms with E-state index in [1.54, 1.807) is 14.2 Å². The molecule has 3 aromatic carbocycles. The maximum atomic E-state index is 5.96. The molecule has 4 nitrogen and oxygen atoms in total. The Morgan fingerprint density at radius 1 is 0.710 bits per heavy atom. The number of aliphatic imine (C=N–C) groups is 1. The Hall–Kier alpha value is -3.11. The summed E-state index contributed by atoms with van der Waals surface area (Å²) >= 11 is 0. The molecule has 0 aliphatic carbocycles. The van der Waals surface area contributed by atoms with Gasteiger partial charge in [-0.05, 0) is 60.7 Å². The summed E-state index contributed by atoms with van der Waals surface area (Å²) in [6.07, 6.45) is 3.56. The lowest BCUT2D eigenvalue weighted by molar-refractivity contribution is 0.0988. The van der Waals surface area contributed by atoms with Crippen LogP contribution in [0, 0.1) is 0 Å². The minimum absolute atomic E-state index is 0.0607. The van der Waals surface area contributed by atoms with Crippen LogP contribution in [0.15, 0.2) is 83.9 Å². The van der Waals surface area contributed by atoms with Crippen molar-refractivity contribution in [3.8, 4) is 11.5 Å². The Kier molecular flexibility index (Phi) is 8.68. The van der Waals surface area contributed by atoms with Crippen LogP contribution >= 0.6 is 0 Å². The topological polar surface area (TPSA) is 40.0 Å². The van der Waals surface area contributed by atoms with Crippen molar-refractivity contribution in [3.05, 3.63) is 95.6 Å². The van der Waals surface area contributed by atoms with Gasteiger partial charge in [-0.25, -0.2) is 0 Å². The first kappa shape index (κ1) is 22.6. The van der Waals surface area contributed by atoms with Gasteiger partial charge >= 0.3 is 0 Å². The molecule has 0 heterocycles. The van der Waals surface area contributed by atoms with Gasteiger partial charge in [-0.15, -0.1) is 0 Å². The second kappa shape index (κ2) is 11.9. The maximum absolute atomic E-state index is 5.96. The van der Waals surface area contributed by atoms with E-state index in [1.807, 2.05) is 55.6 Å². The standard InChI is InChI=1S/C27H31NO3/c1-21(31-20-24-7-5-4-6-8-24)19-28-25(17-22-9-13-26(29-2)14-10-22)18-23-11-15-27(30-3)16-12-23/h4-16,19,21,25H,17-18,20H2,1-3H3. The molecule has 31 heavy (non-hydrogen) atoms. The van der Waals surface area contributed by atoms with Gasteiger partial charge in [-0.2, -0.15) is 0 Å². The number of methoxy groups -OCH3 is 2. The molecule has 0 aliphatic rings. The van der Waals surface area contributed by atoms with Crippen LogP contribution in [0.1, 0.15) is 23.6 Å². The minimum atomic E-state index is -0.0607. The summed E-state index contributed by atoms with van der Waals surface area (Å²) in [5.41, 5.74) is 3.62. The molecule has 4 heteroatoms. The Balaban J connectivity index is 1.66. The van der Waals surface area contributed by atoms with E-state index in [0.29, 0.717) is 6.61 Å². The molecule has 0 aromatic heterocycles. The van der Waals surface area contributed by atoms with Crippen LogP contribution in [0.3, 0.4) is 0 Å². The Morgan fingerprint density at radius 2 is 1.23 bits per heavy atom. The molecule has 1 unspecified atom stereocenters. The fourth-order valence-corrected chi connectivity index (χ4v) is 3.33. The van der Waals surface area contributed by atoms with Crippen molar-refractivity contribution < 1.29 is 14.2 Å². The molecular formula is C27H31NO3. The Morgan fingerprint density at radius 3 is 1.71 bits per heavy atom. The van der Waals surface area contributed by atoms with Gasteiger partial charge in [0.1, 0.15) is 11.5 Å². The quantitative estimate of drug-likeness (QED) is 0.385. The fourth-order valence-electron chi connectivity index (χ4n) is 3.33. The minimum Gasteiger partial charge on any atom is -0.497 e. The normalized spacial score (nSPS) is 12.3. The van der Waals surface area contributed by atoms with E-state index in [1.165, 1.54) is 11.1 Å². The van der Waals surface area contributed by atoms with E-state index in [4.69, 9.17) is 19.2 Å². The molecule has 3 rings (SSSR count). The monoisotopic (exact) mass is 417 g/mol. The third-order valence-corrected chi connectivity index (χ3v) is 5.12. The highest BCUT2D eigenvalue weighted by Crippen LogP contribution is 2.18. The maximum Gasteiger partial charge on any atom is 0.118 e. The van der Waals surface area contributed by atoms with Crippen molar-refractivity contribution in [2.75, 3.05) is 14.2 Å². The predicted molar refractivity (Wildman–Crippen MR) is 126 cm³/mol. The van der Waals surface area contributed by atoms with Crippen LogP contribution in [0.25, 0.3) is 0 Å². The summed E-state index contributed by atoms with van der Waals surface area (Å²) in [6.45, 7) is 2.61. The van der Waals surface area contributed by atoms with E-state index in [2.05, 4.69) is 36.4 Å². The molecule has 0 amide bonds. The molecule has 0 aliphatic heterocycles. The molecular weight excluding hydrogens is 386 g/mol. The molecule has 162 valence electrons. The molecule has 1 atom stereocenters. The number of ether oxygens (including phenoxy) is 3. The summed E-state index contributed by atoms with van der Waals surface area (Å²) < 4.78 is 16.5. The van der Waals surface area contributed by atoms with Crippen molar-refractivity contribution in [1.82, 2.24) is 0 Å². The lowest BCUT2D eigenvalue weighted by atomic mass is 9.99. The molecule has 0 fully saturated rings. The molecule has 0 saturated heterocycles. The van der Waals surface area contributed by atoms with Gasteiger partial charge in [0.25, 0.3) is 0 Å². The van der Waals surface area contributed by atoms with Gasteiger partial charge in [-0.3, -0.25) is 4.99 Å². The zero-order chi connectivity index (χ0) is 21.9. The average Bonchev–Trinajstić information content (AvgIpc) is 2.83. The van der Waals surface area contributed by atoms with E-state index in [-0.39, 0.29) is 12.1 Å². The van der Waals surface area contributed by atoms with E-state index < -0.39 is 0 Å². The molecule has 0 N–H and O–H groups in total. The summed E-state index contributed by atoms with van der Waals surface area (Å²) in [6, 6.07) is 26.7. The zero-order valence-electron chi connectivity index (χ0n) is 18.5. The lowest BCUT2D eigenvalue weighted by Crippen LogP contribution is -2.16. The third-order valence-electron chi connectivity index (χ3n) is 5.12. The Labute approximate surface area is 185 Å². The summed E-state index contributed by atoms with van der Waals surface area (Å²) in [7, 11) is 3.37. The molecule has 0 spiro atoms. The second-order valence-corrected chi connectivity index (χ2v) is 7.56. The van der Waals surface area contributed by atoms with Gasteiger partial charge < -0.3 is 14.2 Å². The highest BCUT2D eigenvalue weighted by molar-refractivity contribution is 5.62. The van der Waals surface area contributed by atoms with Crippen molar-refractivity contribution >= 4 is 6.21 Å². The third kappa shape index (κ3) is 7.58. The fraction of sp³-hybridized carbons (Fsp3) is 0.296.